The first kappa shape index (κ1) is 19.5. The molecule has 0 fully saturated rings. The van der Waals surface area contributed by atoms with Gasteiger partial charge in [-0.2, -0.15) is 0 Å². The average molecular weight is 322 g/mol. The minimum atomic E-state index is -0.673. The summed E-state index contributed by atoms with van der Waals surface area (Å²) in [6.07, 6.45) is -0.369. The van der Waals surface area contributed by atoms with E-state index in [1.165, 1.54) is 4.90 Å². The first-order valence-corrected chi connectivity index (χ1v) is 8.14. The van der Waals surface area contributed by atoms with Crippen molar-refractivity contribution < 1.29 is 14.6 Å². The van der Waals surface area contributed by atoms with Crippen LogP contribution in [0.1, 0.15) is 33.3 Å². The van der Waals surface area contributed by atoms with Gasteiger partial charge in [-0.3, -0.25) is 0 Å². The molecule has 2 N–H and O–H groups in total. The van der Waals surface area contributed by atoms with Crippen LogP contribution in [0.3, 0.4) is 0 Å². The molecule has 1 aromatic rings. The Morgan fingerprint density at radius 2 is 1.91 bits per heavy atom. The van der Waals surface area contributed by atoms with Gasteiger partial charge in [0.15, 0.2) is 0 Å². The lowest BCUT2D eigenvalue weighted by molar-refractivity contribution is 0.0119. The predicted octanol–water partition coefficient (Wildman–Crippen LogP) is 2.43. The maximum atomic E-state index is 12.2. The lowest BCUT2D eigenvalue weighted by Crippen LogP contribution is -2.48. The minimum Gasteiger partial charge on any atom is -0.444 e. The second kappa shape index (κ2) is 8.89. The molecular weight excluding hydrogens is 292 g/mol. The molecule has 0 saturated heterocycles. The normalized spacial score (nSPS) is 14.2. The van der Waals surface area contributed by atoms with Crippen LogP contribution < -0.4 is 5.32 Å². The van der Waals surface area contributed by atoms with E-state index in [4.69, 9.17) is 4.74 Å². The number of aliphatic hydroxyl groups is 1. The van der Waals surface area contributed by atoms with E-state index in [1.54, 1.807) is 0 Å². The molecular formula is C18H30N2O3. The van der Waals surface area contributed by atoms with Gasteiger partial charge in [0.2, 0.25) is 0 Å². The van der Waals surface area contributed by atoms with Crippen molar-refractivity contribution >= 4 is 6.09 Å². The number of benzene rings is 1. The fraction of sp³-hybridized carbons (Fsp3) is 0.611. The zero-order chi connectivity index (χ0) is 17.5. The van der Waals surface area contributed by atoms with Crippen LogP contribution >= 0.6 is 0 Å². The molecule has 0 aromatic heterocycles. The predicted molar refractivity (Wildman–Crippen MR) is 92.5 cm³/mol. The zero-order valence-corrected chi connectivity index (χ0v) is 14.9. The average Bonchev–Trinajstić information content (AvgIpc) is 2.49. The molecule has 5 heteroatoms. The molecule has 0 bridgehead atoms. The van der Waals surface area contributed by atoms with Crippen molar-refractivity contribution in [3.05, 3.63) is 35.9 Å². The Morgan fingerprint density at radius 3 is 2.39 bits per heavy atom. The van der Waals surface area contributed by atoms with E-state index in [1.807, 2.05) is 65.1 Å². The Kier molecular flexibility index (Phi) is 7.52. The van der Waals surface area contributed by atoms with Crippen molar-refractivity contribution in [3.8, 4) is 0 Å². The van der Waals surface area contributed by atoms with Crippen LogP contribution in [0.15, 0.2) is 30.3 Å². The first-order valence-electron chi connectivity index (χ1n) is 8.14. The summed E-state index contributed by atoms with van der Waals surface area (Å²) >= 11 is 0. The van der Waals surface area contributed by atoms with Gasteiger partial charge in [0.05, 0.1) is 12.6 Å². The number of rotatable bonds is 7. The standard InChI is InChI=1S/C18H30N2O3/c1-6-20(17(22)23-18(2,3)4)13-16(21)15(19-5)12-14-10-8-7-9-11-14/h7-11,15-16,19,21H,6,12-13H2,1-5H3/t15-,16+/m0/s1. The summed E-state index contributed by atoms with van der Waals surface area (Å²) in [6, 6.07) is 9.86. The van der Waals surface area contributed by atoms with E-state index >= 15 is 0 Å². The van der Waals surface area contributed by atoms with Gasteiger partial charge in [-0.1, -0.05) is 30.3 Å². The number of nitrogens with zero attached hydrogens (tertiary/aromatic N) is 1. The van der Waals surface area contributed by atoms with Crippen molar-refractivity contribution in [1.82, 2.24) is 10.2 Å². The van der Waals surface area contributed by atoms with Crippen LogP contribution in [0.2, 0.25) is 0 Å². The maximum Gasteiger partial charge on any atom is 0.410 e. The van der Waals surface area contributed by atoms with Crippen LogP contribution in [0.5, 0.6) is 0 Å². The summed E-state index contributed by atoms with van der Waals surface area (Å²) < 4.78 is 5.38. The highest BCUT2D eigenvalue weighted by Crippen LogP contribution is 2.12. The quantitative estimate of drug-likeness (QED) is 0.809. The molecule has 0 aliphatic carbocycles. The molecule has 2 atom stereocenters. The fourth-order valence-electron chi connectivity index (χ4n) is 2.31. The van der Waals surface area contributed by atoms with E-state index in [2.05, 4.69) is 5.32 Å². The Labute approximate surface area is 139 Å². The van der Waals surface area contributed by atoms with Crippen LogP contribution in [0.25, 0.3) is 0 Å². The number of aliphatic hydroxyl groups excluding tert-OH is 1. The highest BCUT2D eigenvalue weighted by molar-refractivity contribution is 5.68. The third kappa shape index (κ3) is 7.01. The van der Waals surface area contributed by atoms with Crippen LogP contribution in [0.4, 0.5) is 4.79 Å². The Hall–Kier alpha value is -1.59. The maximum absolute atomic E-state index is 12.2. The highest BCUT2D eigenvalue weighted by Gasteiger charge is 2.26. The number of hydrogen-bond donors (Lipinski definition) is 2. The lowest BCUT2D eigenvalue weighted by Gasteiger charge is -2.30. The highest BCUT2D eigenvalue weighted by atomic mass is 16.6. The Balaban J connectivity index is 2.65. The van der Waals surface area contributed by atoms with E-state index in [9.17, 15) is 9.90 Å². The summed E-state index contributed by atoms with van der Waals surface area (Å²) in [4.78, 5) is 13.7. The molecule has 0 aliphatic heterocycles. The van der Waals surface area contributed by atoms with Crippen molar-refractivity contribution in [2.75, 3.05) is 20.1 Å². The molecule has 0 saturated carbocycles. The van der Waals surface area contributed by atoms with Crippen molar-refractivity contribution in [2.45, 2.75) is 51.9 Å². The smallest absolute Gasteiger partial charge is 0.410 e. The molecule has 130 valence electrons. The third-order valence-electron chi connectivity index (χ3n) is 3.57. The number of carbonyl (C=O) groups is 1. The summed E-state index contributed by atoms with van der Waals surface area (Å²) in [7, 11) is 1.82. The van der Waals surface area contributed by atoms with Gasteiger partial charge in [-0.15, -0.1) is 0 Å². The SMILES string of the molecule is CCN(C[C@@H](O)[C@H](Cc1ccccc1)NC)C(=O)OC(C)(C)C. The summed E-state index contributed by atoms with van der Waals surface area (Å²) in [6.45, 7) is 8.11. The summed E-state index contributed by atoms with van der Waals surface area (Å²) in [5.41, 5.74) is 0.605. The van der Waals surface area contributed by atoms with Crippen LogP contribution in [-0.2, 0) is 11.2 Å². The van der Waals surface area contributed by atoms with Gasteiger partial charge in [0, 0.05) is 12.6 Å². The summed E-state index contributed by atoms with van der Waals surface area (Å²) in [5, 5.41) is 13.6. The van der Waals surface area contributed by atoms with Gasteiger partial charge in [0.25, 0.3) is 0 Å². The van der Waals surface area contributed by atoms with Crippen LogP contribution in [-0.4, -0.2) is 54.0 Å². The number of amides is 1. The van der Waals surface area contributed by atoms with E-state index in [-0.39, 0.29) is 12.6 Å². The van der Waals surface area contributed by atoms with E-state index < -0.39 is 17.8 Å². The van der Waals surface area contributed by atoms with Gasteiger partial charge in [-0.25, -0.2) is 4.79 Å². The van der Waals surface area contributed by atoms with Crippen molar-refractivity contribution in [1.29, 1.82) is 0 Å². The Morgan fingerprint density at radius 1 is 1.30 bits per heavy atom. The molecule has 23 heavy (non-hydrogen) atoms. The third-order valence-corrected chi connectivity index (χ3v) is 3.57. The number of nitrogens with one attached hydrogen (secondary N) is 1. The number of carbonyl (C=O) groups excluding carboxylic acids is 1. The number of hydrogen-bond acceptors (Lipinski definition) is 4. The van der Waals surface area contributed by atoms with Crippen molar-refractivity contribution in [3.63, 3.8) is 0 Å². The number of ether oxygens (including phenoxy) is 1. The molecule has 0 heterocycles. The molecule has 5 nitrogen and oxygen atoms in total. The second-order valence-electron chi connectivity index (χ2n) is 6.67. The molecule has 0 aliphatic rings. The summed E-state index contributed by atoms with van der Waals surface area (Å²) in [5.74, 6) is 0. The monoisotopic (exact) mass is 322 g/mol. The fourth-order valence-corrected chi connectivity index (χ4v) is 2.31. The second-order valence-corrected chi connectivity index (χ2v) is 6.67. The molecule has 1 amide bonds. The van der Waals surface area contributed by atoms with Gasteiger partial charge in [0.1, 0.15) is 5.60 Å². The van der Waals surface area contributed by atoms with E-state index in [0.717, 1.165) is 5.56 Å². The van der Waals surface area contributed by atoms with Crippen LogP contribution in [0, 0.1) is 0 Å². The zero-order valence-electron chi connectivity index (χ0n) is 14.9. The molecule has 1 aromatic carbocycles. The van der Waals surface area contributed by atoms with E-state index in [0.29, 0.717) is 13.0 Å². The van der Waals surface area contributed by atoms with Gasteiger partial charge >= 0.3 is 6.09 Å². The molecule has 0 radical (unpaired) electrons. The van der Waals surface area contributed by atoms with Crippen molar-refractivity contribution in [2.24, 2.45) is 0 Å². The number of likely N-dealkylation sites (N-methyl/N-ethyl adjacent to an activating group) is 2. The molecule has 0 unspecified atom stereocenters. The first-order chi connectivity index (χ1) is 10.8. The Bertz CT molecular complexity index is 471. The minimum absolute atomic E-state index is 0.131. The topological polar surface area (TPSA) is 61.8 Å². The largest absolute Gasteiger partial charge is 0.444 e. The molecule has 1 rings (SSSR count). The van der Waals surface area contributed by atoms with Gasteiger partial charge < -0.3 is 20.1 Å². The van der Waals surface area contributed by atoms with Gasteiger partial charge in [-0.05, 0) is 46.7 Å². The lowest BCUT2D eigenvalue weighted by atomic mass is 10.0. The molecule has 0 spiro atoms.